The van der Waals surface area contributed by atoms with E-state index in [-0.39, 0.29) is 0 Å². The van der Waals surface area contributed by atoms with Crippen LogP contribution >= 0.6 is 11.3 Å². The van der Waals surface area contributed by atoms with Gasteiger partial charge in [-0.25, -0.2) is 0 Å². The maximum absolute atomic E-state index is 3.70. The molecule has 0 aliphatic rings. The van der Waals surface area contributed by atoms with E-state index >= 15 is 0 Å². The molecule has 0 radical (unpaired) electrons. The van der Waals surface area contributed by atoms with Gasteiger partial charge in [-0.2, -0.15) is 0 Å². The second-order valence-electron chi connectivity index (χ2n) is 5.47. The van der Waals surface area contributed by atoms with E-state index in [0.29, 0.717) is 6.04 Å². The van der Waals surface area contributed by atoms with Crippen molar-refractivity contribution in [2.45, 2.75) is 46.6 Å². The SMILES string of the molecule is CCCNC(c1cc(C)cc(C)c1)c1ccc(CC)s1. The molecular weight excluding hydrogens is 262 g/mol. The van der Waals surface area contributed by atoms with Crippen LogP contribution in [0.3, 0.4) is 0 Å². The molecule has 2 heteroatoms. The number of rotatable bonds is 6. The van der Waals surface area contributed by atoms with Crippen LogP contribution < -0.4 is 5.32 Å². The molecule has 0 amide bonds. The number of hydrogen-bond acceptors (Lipinski definition) is 2. The zero-order valence-electron chi connectivity index (χ0n) is 13.0. The van der Waals surface area contributed by atoms with E-state index in [1.807, 2.05) is 11.3 Å². The van der Waals surface area contributed by atoms with Gasteiger partial charge in [0.05, 0.1) is 6.04 Å². The van der Waals surface area contributed by atoms with Crippen molar-refractivity contribution >= 4 is 11.3 Å². The van der Waals surface area contributed by atoms with Gasteiger partial charge in [0, 0.05) is 9.75 Å². The summed E-state index contributed by atoms with van der Waals surface area (Å²) < 4.78 is 0. The molecule has 2 rings (SSSR count). The van der Waals surface area contributed by atoms with Crippen LogP contribution in [0, 0.1) is 13.8 Å². The van der Waals surface area contributed by atoms with Crippen molar-refractivity contribution in [1.29, 1.82) is 0 Å². The van der Waals surface area contributed by atoms with Crippen molar-refractivity contribution in [3.63, 3.8) is 0 Å². The fourth-order valence-electron chi connectivity index (χ4n) is 2.59. The monoisotopic (exact) mass is 287 g/mol. The third kappa shape index (κ3) is 3.71. The minimum atomic E-state index is 0.332. The molecule has 0 saturated carbocycles. The van der Waals surface area contributed by atoms with Crippen molar-refractivity contribution in [3.8, 4) is 0 Å². The summed E-state index contributed by atoms with van der Waals surface area (Å²) in [6.45, 7) is 9.86. The quantitative estimate of drug-likeness (QED) is 0.787. The van der Waals surface area contributed by atoms with Crippen LogP contribution in [0.2, 0.25) is 0 Å². The van der Waals surface area contributed by atoms with E-state index in [1.54, 1.807) is 0 Å². The molecule has 0 spiro atoms. The van der Waals surface area contributed by atoms with Gasteiger partial charge in [0.15, 0.2) is 0 Å². The molecule has 20 heavy (non-hydrogen) atoms. The van der Waals surface area contributed by atoms with E-state index in [4.69, 9.17) is 0 Å². The Morgan fingerprint density at radius 2 is 1.75 bits per heavy atom. The molecule has 0 aliphatic heterocycles. The number of aryl methyl sites for hydroxylation is 3. The first-order chi connectivity index (χ1) is 9.63. The van der Waals surface area contributed by atoms with Gasteiger partial charge in [-0.1, -0.05) is 43.2 Å². The van der Waals surface area contributed by atoms with Crippen molar-refractivity contribution in [3.05, 3.63) is 56.8 Å². The molecule has 1 aromatic heterocycles. The minimum absolute atomic E-state index is 0.332. The number of hydrogen-bond donors (Lipinski definition) is 1. The first-order valence-corrected chi connectivity index (χ1v) is 8.35. The van der Waals surface area contributed by atoms with E-state index in [2.05, 4.69) is 63.3 Å². The van der Waals surface area contributed by atoms with Crippen LogP contribution in [-0.4, -0.2) is 6.54 Å². The Morgan fingerprint density at radius 1 is 1.05 bits per heavy atom. The fraction of sp³-hybridized carbons (Fsp3) is 0.444. The van der Waals surface area contributed by atoms with E-state index in [1.165, 1.54) is 26.4 Å². The lowest BCUT2D eigenvalue weighted by molar-refractivity contribution is 0.605. The Morgan fingerprint density at radius 3 is 2.30 bits per heavy atom. The molecule has 1 unspecified atom stereocenters. The lowest BCUT2D eigenvalue weighted by Crippen LogP contribution is -2.22. The van der Waals surface area contributed by atoms with Crippen molar-refractivity contribution < 1.29 is 0 Å². The largest absolute Gasteiger partial charge is 0.306 e. The van der Waals surface area contributed by atoms with Gasteiger partial charge in [-0.05, 0) is 50.9 Å². The highest BCUT2D eigenvalue weighted by Crippen LogP contribution is 2.30. The summed E-state index contributed by atoms with van der Waals surface area (Å²) in [4.78, 5) is 2.90. The molecule has 0 bridgehead atoms. The first kappa shape index (κ1) is 15.3. The number of nitrogens with one attached hydrogen (secondary N) is 1. The average Bonchev–Trinajstić information content (AvgIpc) is 2.87. The maximum Gasteiger partial charge on any atom is 0.0671 e. The second-order valence-corrected chi connectivity index (χ2v) is 6.67. The van der Waals surface area contributed by atoms with Gasteiger partial charge in [0.25, 0.3) is 0 Å². The van der Waals surface area contributed by atoms with E-state index < -0.39 is 0 Å². The predicted octanol–water partition coefficient (Wildman–Crippen LogP) is 5.02. The van der Waals surface area contributed by atoms with Gasteiger partial charge < -0.3 is 5.32 Å². The van der Waals surface area contributed by atoms with Crippen LogP contribution in [0.25, 0.3) is 0 Å². The van der Waals surface area contributed by atoms with Crippen LogP contribution in [0.1, 0.15) is 52.8 Å². The lowest BCUT2D eigenvalue weighted by Gasteiger charge is -2.19. The molecule has 0 saturated heterocycles. The Balaban J connectivity index is 2.35. The van der Waals surface area contributed by atoms with Gasteiger partial charge >= 0.3 is 0 Å². The van der Waals surface area contributed by atoms with Gasteiger partial charge in [0.1, 0.15) is 0 Å². The van der Waals surface area contributed by atoms with Gasteiger partial charge in [0.2, 0.25) is 0 Å². The van der Waals surface area contributed by atoms with E-state index in [9.17, 15) is 0 Å². The maximum atomic E-state index is 3.70. The van der Waals surface area contributed by atoms with Crippen molar-refractivity contribution in [2.75, 3.05) is 6.54 Å². The summed E-state index contributed by atoms with van der Waals surface area (Å²) in [6, 6.07) is 11.8. The molecule has 0 aliphatic carbocycles. The Hall–Kier alpha value is -1.12. The topological polar surface area (TPSA) is 12.0 Å². The normalized spacial score (nSPS) is 12.6. The minimum Gasteiger partial charge on any atom is -0.306 e. The standard InChI is InChI=1S/C18H25NS/c1-5-9-19-18(17-8-7-16(6-2)20-17)15-11-13(3)10-14(4)12-15/h7-8,10-12,18-19H,5-6,9H2,1-4H3. The molecule has 0 fully saturated rings. The van der Waals surface area contributed by atoms with Crippen LogP contribution in [0.15, 0.2) is 30.3 Å². The molecule has 1 nitrogen and oxygen atoms in total. The Labute approximate surface area is 127 Å². The zero-order chi connectivity index (χ0) is 14.5. The molecule has 1 atom stereocenters. The molecule has 1 N–H and O–H groups in total. The van der Waals surface area contributed by atoms with Gasteiger partial charge in [-0.3, -0.25) is 0 Å². The smallest absolute Gasteiger partial charge is 0.0671 e. The van der Waals surface area contributed by atoms with Crippen LogP contribution in [0.5, 0.6) is 0 Å². The van der Waals surface area contributed by atoms with Crippen LogP contribution in [0.4, 0.5) is 0 Å². The summed E-state index contributed by atoms with van der Waals surface area (Å²) in [5.41, 5.74) is 4.08. The molecule has 108 valence electrons. The predicted molar refractivity (Wildman–Crippen MR) is 89.7 cm³/mol. The van der Waals surface area contributed by atoms with E-state index in [0.717, 1.165) is 19.4 Å². The molecule has 1 aromatic carbocycles. The highest BCUT2D eigenvalue weighted by molar-refractivity contribution is 7.12. The summed E-state index contributed by atoms with van der Waals surface area (Å²) in [5.74, 6) is 0. The highest BCUT2D eigenvalue weighted by atomic mass is 32.1. The summed E-state index contributed by atoms with van der Waals surface area (Å²) >= 11 is 1.94. The third-order valence-corrected chi connectivity index (χ3v) is 4.79. The lowest BCUT2D eigenvalue weighted by atomic mass is 10.00. The summed E-state index contributed by atoms with van der Waals surface area (Å²) in [6.07, 6.45) is 2.28. The summed E-state index contributed by atoms with van der Waals surface area (Å²) in [5, 5.41) is 3.70. The third-order valence-electron chi connectivity index (χ3n) is 3.49. The first-order valence-electron chi connectivity index (χ1n) is 7.54. The van der Waals surface area contributed by atoms with Crippen LogP contribution in [-0.2, 0) is 6.42 Å². The average molecular weight is 287 g/mol. The highest BCUT2D eigenvalue weighted by Gasteiger charge is 2.16. The second kappa shape index (κ2) is 7.05. The fourth-order valence-corrected chi connectivity index (χ4v) is 3.64. The Bertz CT molecular complexity index is 536. The van der Waals surface area contributed by atoms with Crippen molar-refractivity contribution in [2.24, 2.45) is 0 Å². The molecule has 2 aromatic rings. The van der Waals surface area contributed by atoms with Gasteiger partial charge in [-0.15, -0.1) is 11.3 Å². The van der Waals surface area contributed by atoms with Crippen molar-refractivity contribution in [1.82, 2.24) is 5.32 Å². The Kier molecular flexibility index (Phi) is 5.38. The number of benzene rings is 1. The number of thiophene rings is 1. The molecular formula is C18H25NS. The zero-order valence-corrected chi connectivity index (χ0v) is 13.8. The summed E-state index contributed by atoms with van der Waals surface area (Å²) in [7, 11) is 0. The molecule has 1 heterocycles.